The molecular formula is C24H24N2O4. The van der Waals surface area contributed by atoms with Crippen molar-refractivity contribution in [2.24, 2.45) is 0 Å². The highest BCUT2D eigenvalue weighted by molar-refractivity contribution is 6.01. The first kappa shape index (κ1) is 18.5. The molecule has 1 N–H and O–H groups in total. The molecule has 1 aliphatic carbocycles. The van der Waals surface area contributed by atoms with E-state index >= 15 is 0 Å². The standard InChI is InChI=1S/C24H22N2O4.H2/c1-2-28-18-9-6-16(7-10-18)19-4-3-5-22(25-19)26-23(27)24(12-13-24)17-8-11-20-21(14-17)30-15-29-20;/h3-11,14H,2,12-13,15H2,1H3,(H,25,26,27);1H. The maximum atomic E-state index is 13.1. The summed E-state index contributed by atoms with van der Waals surface area (Å²) in [4.78, 5) is 17.8. The van der Waals surface area contributed by atoms with E-state index in [4.69, 9.17) is 14.2 Å². The molecule has 5 rings (SSSR count). The summed E-state index contributed by atoms with van der Waals surface area (Å²) in [5.41, 5.74) is 2.18. The summed E-state index contributed by atoms with van der Waals surface area (Å²) < 4.78 is 16.3. The van der Waals surface area contributed by atoms with Gasteiger partial charge in [0, 0.05) is 6.99 Å². The van der Waals surface area contributed by atoms with Crippen molar-refractivity contribution < 1.29 is 20.4 Å². The second kappa shape index (κ2) is 7.37. The van der Waals surface area contributed by atoms with Crippen molar-refractivity contribution in [3.8, 4) is 28.5 Å². The SMILES string of the molecule is CCOc1ccc(-c2cccc(NC(=O)C3(c4ccc5c(c4)OCO5)CC3)n2)cc1.[HH]. The van der Waals surface area contributed by atoms with E-state index in [1.165, 1.54) is 0 Å². The Bertz CT molecular complexity index is 1100. The van der Waals surface area contributed by atoms with Crippen molar-refractivity contribution in [3.05, 3.63) is 66.2 Å². The summed E-state index contributed by atoms with van der Waals surface area (Å²) in [6, 6.07) is 19.1. The van der Waals surface area contributed by atoms with Crippen LogP contribution in [-0.4, -0.2) is 24.3 Å². The van der Waals surface area contributed by atoms with Gasteiger partial charge in [-0.15, -0.1) is 0 Å². The fourth-order valence-corrected chi connectivity index (χ4v) is 3.76. The zero-order valence-corrected chi connectivity index (χ0v) is 16.7. The van der Waals surface area contributed by atoms with Crippen LogP contribution in [0.15, 0.2) is 60.7 Å². The summed E-state index contributed by atoms with van der Waals surface area (Å²) >= 11 is 0. The Morgan fingerprint density at radius 2 is 1.90 bits per heavy atom. The molecule has 0 radical (unpaired) electrons. The number of carbonyl (C=O) groups is 1. The average Bonchev–Trinajstić information content (AvgIpc) is 3.46. The Labute approximate surface area is 176 Å². The number of nitrogens with zero attached hydrogens (tertiary/aromatic N) is 1. The summed E-state index contributed by atoms with van der Waals surface area (Å²) in [5.74, 6) is 2.74. The molecule has 0 unspecified atom stereocenters. The van der Waals surface area contributed by atoms with Crippen molar-refractivity contribution in [1.29, 1.82) is 0 Å². The molecule has 1 fully saturated rings. The van der Waals surface area contributed by atoms with Gasteiger partial charge in [0.05, 0.1) is 17.7 Å². The molecule has 1 aromatic heterocycles. The van der Waals surface area contributed by atoms with Crippen LogP contribution < -0.4 is 19.5 Å². The molecule has 1 saturated carbocycles. The van der Waals surface area contributed by atoms with Gasteiger partial charge >= 0.3 is 0 Å². The number of aromatic nitrogens is 1. The molecule has 0 saturated heterocycles. The number of amides is 1. The van der Waals surface area contributed by atoms with Gasteiger partial charge in [0.15, 0.2) is 11.5 Å². The molecule has 0 atom stereocenters. The predicted molar refractivity (Wildman–Crippen MR) is 115 cm³/mol. The van der Waals surface area contributed by atoms with E-state index < -0.39 is 5.41 Å². The predicted octanol–water partition coefficient (Wildman–Crippen LogP) is 4.79. The van der Waals surface area contributed by atoms with E-state index in [9.17, 15) is 4.79 Å². The first-order valence-corrected chi connectivity index (χ1v) is 10.1. The normalized spacial score (nSPS) is 15.5. The molecule has 6 nitrogen and oxygen atoms in total. The zero-order valence-electron chi connectivity index (χ0n) is 16.7. The third-order valence-corrected chi connectivity index (χ3v) is 5.56. The van der Waals surface area contributed by atoms with Crippen molar-refractivity contribution >= 4 is 11.7 Å². The van der Waals surface area contributed by atoms with Gasteiger partial charge in [0.2, 0.25) is 12.7 Å². The van der Waals surface area contributed by atoms with Crippen LogP contribution in [0.2, 0.25) is 0 Å². The van der Waals surface area contributed by atoms with Crippen molar-refractivity contribution in [2.45, 2.75) is 25.2 Å². The number of nitrogens with one attached hydrogen (secondary N) is 1. The Hall–Kier alpha value is -3.54. The van der Waals surface area contributed by atoms with Crippen molar-refractivity contribution in [3.63, 3.8) is 0 Å². The van der Waals surface area contributed by atoms with Gasteiger partial charge < -0.3 is 19.5 Å². The monoisotopic (exact) mass is 404 g/mol. The quantitative estimate of drug-likeness (QED) is 0.640. The van der Waals surface area contributed by atoms with Crippen LogP contribution in [0.3, 0.4) is 0 Å². The topological polar surface area (TPSA) is 69.7 Å². The fraction of sp³-hybridized carbons (Fsp3) is 0.250. The lowest BCUT2D eigenvalue weighted by molar-refractivity contribution is -0.118. The molecule has 3 aromatic rings. The molecule has 30 heavy (non-hydrogen) atoms. The lowest BCUT2D eigenvalue weighted by atomic mass is 9.94. The molecule has 2 aliphatic rings. The third kappa shape index (κ3) is 3.34. The first-order chi connectivity index (χ1) is 14.7. The van der Waals surface area contributed by atoms with Gasteiger partial charge in [0.25, 0.3) is 0 Å². The van der Waals surface area contributed by atoms with Crippen LogP contribution in [-0.2, 0) is 10.2 Å². The van der Waals surface area contributed by atoms with Crippen LogP contribution in [0, 0.1) is 0 Å². The van der Waals surface area contributed by atoms with Gasteiger partial charge in [-0.2, -0.15) is 0 Å². The van der Waals surface area contributed by atoms with E-state index in [0.717, 1.165) is 41.2 Å². The van der Waals surface area contributed by atoms with Crippen LogP contribution in [0.5, 0.6) is 17.2 Å². The average molecular weight is 404 g/mol. The van der Waals surface area contributed by atoms with E-state index in [2.05, 4.69) is 10.3 Å². The number of rotatable bonds is 6. The fourth-order valence-electron chi connectivity index (χ4n) is 3.76. The highest BCUT2D eigenvalue weighted by atomic mass is 16.7. The molecule has 0 bridgehead atoms. The maximum absolute atomic E-state index is 13.1. The largest absolute Gasteiger partial charge is 0.494 e. The van der Waals surface area contributed by atoms with Gasteiger partial charge in [-0.3, -0.25) is 4.79 Å². The third-order valence-electron chi connectivity index (χ3n) is 5.56. The summed E-state index contributed by atoms with van der Waals surface area (Å²) in [6.07, 6.45) is 1.61. The number of hydrogen-bond acceptors (Lipinski definition) is 5. The van der Waals surface area contributed by atoms with Crippen molar-refractivity contribution in [2.75, 3.05) is 18.7 Å². The van der Waals surface area contributed by atoms with Crippen LogP contribution in [0.4, 0.5) is 5.82 Å². The Morgan fingerprint density at radius 3 is 2.67 bits per heavy atom. The highest BCUT2D eigenvalue weighted by Gasteiger charge is 2.51. The second-order valence-electron chi connectivity index (χ2n) is 7.47. The van der Waals surface area contributed by atoms with Gasteiger partial charge in [0.1, 0.15) is 11.6 Å². The highest BCUT2D eigenvalue weighted by Crippen LogP contribution is 2.51. The number of fused-ring (bicyclic) bond motifs is 1. The number of hydrogen-bond donors (Lipinski definition) is 1. The van der Waals surface area contributed by atoms with Gasteiger partial charge in [-0.05, 0) is 73.9 Å². The lowest BCUT2D eigenvalue weighted by Gasteiger charge is -2.16. The van der Waals surface area contributed by atoms with Gasteiger partial charge in [-0.1, -0.05) is 12.1 Å². The molecule has 2 aromatic carbocycles. The van der Waals surface area contributed by atoms with Crippen molar-refractivity contribution in [1.82, 2.24) is 4.98 Å². The van der Waals surface area contributed by atoms with Crippen LogP contribution >= 0.6 is 0 Å². The maximum Gasteiger partial charge on any atom is 0.236 e. The summed E-state index contributed by atoms with van der Waals surface area (Å²) in [6.45, 7) is 2.81. The zero-order chi connectivity index (χ0) is 20.6. The molecule has 2 heterocycles. The summed E-state index contributed by atoms with van der Waals surface area (Å²) in [5, 5.41) is 3.01. The minimum Gasteiger partial charge on any atom is -0.494 e. The molecular weight excluding hydrogens is 380 g/mol. The first-order valence-electron chi connectivity index (χ1n) is 10.1. The number of ether oxygens (including phenoxy) is 3. The molecule has 1 aliphatic heterocycles. The van der Waals surface area contributed by atoms with E-state index in [1.807, 2.05) is 67.6 Å². The van der Waals surface area contributed by atoms with Gasteiger partial charge in [-0.25, -0.2) is 4.98 Å². The second-order valence-corrected chi connectivity index (χ2v) is 7.47. The molecule has 6 heteroatoms. The van der Waals surface area contributed by atoms with E-state index in [-0.39, 0.29) is 14.1 Å². The Balaban J connectivity index is 0.00000231. The smallest absolute Gasteiger partial charge is 0.236 e. The number of pyridine rings is 1. The van der Waals surface area contributed by atoms with E-state index in [0.29, 0.717) is 18.2 Å². The van der Waals surface area contributed by atoms with Crippen LogP contribution in [0.1, 0.15) is 26.8 Å². The Kier molecular flexibility index (Phi) is 4.54. The number of benzene rings is 2. The molecule has 1 amide bonds. The number of carbonyl (C=O) groups excluding carboxylic acids is 1. The minimum atomic E-state index is -0.530. The van der Waals surface area contributed by atoms with E-state index in [1.54, 1.807) is 0 Å². The Morgan fingerprint density at radius 1 is 1.10 bits per heavy atom. The minimum absolute atomic E-state index is 0. The summed E-state index contributed by atoms with van der Waals surface area (Å²) in [7, 11) is 0. The lowest BCUT2D eigenvalue weighted by Crippen LogP contribution is -2.28. The number of anilines is 1. The van der Waals surface area contributed by atoms with Crippen LogP contribution in [0.25, 0.3) is 11.3 Å². The molecule has 154 valence electrons. The molecule has 0 spiro atoms.